The van der Waals surface area contributed by atoms with Gasteiger partial charge in [-0.1, -0.05) is 31.9 Å². The first kappa shape index (κ1) is 15.7. The third-order valence-electron chi connectivity index (χ3n) is 3.95. The SMILES string of the molecule is CCNC(=NCc1cccc(O)c1)NC1CCCC(C)C1. The summed E-state index contributed by atoms with van der Waals surface area (Å²) >= 11 is 0. The lowest BCUT2D eigenvalue weighted by Crippen LogP contribution is -2.45. The van der Waals surface area contributed by atoms with E-state index in [1.54, 1.807) is 12.1 Å². The summed E-state index contributed by atoms with van der Waals surface area (Å²) in [7, 11) is 0. The molecule has 0 radical (unpaired) electrons. The van der Waals surface area contributed by atoms with Crippen molar-refractivity contribution in [3.63, 3.8) is 0 Å². The van der Waals surface area contributed by atoms with Crippen LogP contribution in [0.5, 0.6) is 5.75 Å². The molecule has 0 spiro atoms. The number of hydrogen-bond donors (Lipinski definition) is 3. The van der Waals surface area contributed by atoms with Gasteiger partial charge in [0.15, 0.2) is 5.96 Å². The largest absolute Gasteiger partial charge is 0.508 e. The van der Waals surface area contributed by atoms with Gasteiger partial charge in [0.05, 0.1) is 6.54 Å². The molecule has 1 aliphatic rings. The average Bonchev–Trinajstić information content (AvgIpc) is 2.45. The van der Waals surface area contributed by atoms with E-state index in [1.165, 1.54) is 25.7 Å². The molecular formula is C17H27N3O. The van der Waals surface area contributed by atoms with Crippen molar-refractivity contribution in [1.82, 2.24) is 10.6 Å². The maximum absolute atomic E-state index is 9.49. The Morgan fingerprint density at radius 2 is 2.24 bits per heavy atom. The summed E-state index contributed by atoms with van der Waals surface area (Å²) in [6, 6.07) is 7.80. The van der Waals surface area contributed by atoms with Gasteiger partial charge in [-0.25, -0.2) is 4.99 Å². The highest BCUT2D eigenvalue weighted by Crippen LogP contribution is 2.23. The molecule has 21 heavy (non-hydrogen) atoms. The van der Waals surface area contributed by atoms with Crippen molar-refractivity contribution in [2.75, 3.05) is 6.54 Å². The Kier molecular flexibility index (Phi) is 5.90. The van der Waals surface area contributed by atoms with E-state index in [0.717, 1.165) is 24.0 Å². The number of guanidine groups is 1. The molecule has 2 rings (SSSR count). The zero-order valence-electron chi connectivity index (χ0n) is 13.1. The molecule has 0 amide bonds. The van der Waals surface area contributed by atoms with Crippen LogP contribution < -0.4 is 10.6 Å². The van der Waals surface area contributed by atoms with Crippen molar-refractivity contribution in [2.24, 2.45) is 10.9 Å². The second-order valence-corrected chi connectivity index (χ2v) is 5.98. The van der Waals surface area contributed by atoms with Crippen LogP contribution in [-0.4, -0.2) is 23.7 Å². The lowest BCUT2D eigenvalue weighted by molar-refractivity contribution is 0.324. The fourth-order valence-corrected chi connectivity index (χ4v) is 2.90. The van der Waals surface area contributed by atoms with Crippen LogP contribution in [0.25, 0.3) is 0 Å². The van der Waals surface area contributed by atoms with Gasteiger partial charge in [0.1, 0.15) is 5.75 Å². The molecule has 0 saturated heterocycles. The molecular weight excluding hydrogens is 262 g/mol. The van der Waals surface area contributed by atoms with Crippen LogP contribution in [0.15, 0.2) is 29.3 Å². The number of nitrogens with zero attached hydrogens (tertiary/aromatic N) is 1. The van der Waals surface area contributed by atoms with Gasteiger partial charge < -0.3 is 15.7 Å². The molecule has 116 valence electrons. The maximum atomic E-state index is 9.49. The van der Waals surface area contributed by atoms with Crippen LogP contribution in [-0.2, 0) is 6.54 Å². The van der Waals surface area contributed by atoms with Crippen molar-refractivity contribution in [3.05, 3.63) is 29.8 Å². The van der Waals surface area contributed by atoms with E-state index < -0.39 is 0 Å². The van der Waals surface area contributed by atoms with Gasteiger partial charge in [0.25, 0.3) is 0 Å². The summed E-state index contributed by atoms with van der Waals surface area (Å²) < 4.78 is 0. The summed E-state index contributed by atoms with van der Waals surface area (Å²) in [4.78, 5) is 4.63. The number of benzene rings is 1. The summed E-state index contributed by atoms with van der Waals surface area (Å²) in [6.07, 6.45) is 5.08. The number of rotatable bonds is 4. The minimum Gasteiger partial charge on any atom is -0.508 e. The van der Waals surface area contributed by atoms with Gasteiger partial charge in [-0.05, 0) is 43.4 Å². The lowest BCUT2D eigenvalue weighted by Gasteiger charge is -2.28. The summed E-state index contributed by atoms with van der Waals surface area (Å²) in [6.45, 7) is 5.83. The predicted molar refractivity (Wildman–Crippen MR) is 87.5 cm³/mol. The molecule has 4 nitrogen and oxygen atoms in total. The Hall–Kier alpha value is -1.71. The second-order valence-electron chi connectivity index (χ2n) is 5.98. The van der Waals surface area contributed by atoms with Crippen molar-refractivity contribution < 1.29 is 5.11 Å². The highest BCUT2D eigenvalue weighted by Gasteiger charge is 2.19. The normalized spacial score (nSPS) is 22.9. The first-order valence-electron chi connectivity index (χ1n) is 8.00. The number of phenolic OH excluding ortho intramolecular Hbond substituents is 1. The minimum atomic E-state index is 0.293. The average molecular weight is 289 g/mol. The quantitative estimate of drug-likeness (QED) is 0.590. The maximum Gasteiger partial charge on any atom is 0.191 e. The highest BCUT2D eigenvalue weighted by atomic mass is 16.3. The van der Waals surface area contributed by atoms with Crippen LogP contribution in [0.1, 0.15) is 45.1 Å². The predicted octanol–water partition coefficient (Wildman–Crippen LogP) is 3.03. The van der Waals surface area contributed by atoms with Crippen molar-refractivity contribution in [2.45, 2.75) is 52.1 Å². The molecule has 1 aliphatic carbocycles. The first-order valence-corrected chi connectivity index (χ1v) is 8.00. The van der Waals surface area contributed by atoms with Crippen LogP contribution in [0.4, 0.5) is 0 Å². The standard InChI is InChI=1S/C17H27N3O/c1-3-18-17(20-15-8-4-6-13(2)10-15)19-12-14-7-5-9-16(21)11-14/h5,7,9,11,13,15,21H,3-4,6,8,10,12H2,1-2H3,(H2,18,19,20). The van der Waals surface area contributed by atoms with E-state index >= 15 is 0 Å². The molecule has 1 aromatic rings. The fraction of sp³-hybridized carbons (Fsp3) is 0.588. The van der Waals surface area contributed by atoms with Crippen LogP contribution in [0.3, 0.4) is 0 Å². The molecule has 3 N–H and O–H groups in total. The Morgan fingerprint density at radius 1 is 1.38 bits per heavy atom. The van der Waals surface area contributed by atoms with E-state index in [9.17, 15) is 5.11 Å². The van der Waals surface area contributed by atoms with E-state index in [-0.39, 0.29) is 0 Å². The van der Waals surface area contributed by atoms with Crippen LogP contribution in [0, 0.1) is 5.92 Å². The molecule has 0 aliphatic heterocycles. The third kappa shape index (κ3) is 5.29. The zero-order valence-corrected chi connectivity index (χ0v) is 13.1. The Labute approximate surface area is 127 Å². The molecule has 0 bridgehead atoms. The number of aliphatic imine (C=N–C) groups is 1. The number of nitrogens with one attached hydrogen (secondary N) is 2. The molecule has 2 unspecified atom stereocenters. The van der Waals surface area contributed by atoms with Crippen LogP contribution in [0.2, 0.25) is 0 Å². The molecule has 1 fully saturated rings. The highest BCUT2D eigenvalue weighted by molar-refractivity contribution is 5.80. The van der Waals surface area contributed by atoms with Gasteiger partial charge in [0.2, 0.25) is 0 Å². The minimum absolute atomic E-state index is 0.293. The molecule has 2 atom stereocenters. The molecule has 0 heterocycles. The second kappa shape index (κ2) is 7.91. The summed E-state index contributed by atoms with van der Waals surface area (Å²) in [5, 5.41) is 16.3. The van der Waals surface area contributed by atoms with Gasteiger partial charge in [-0.3, -0.25) is 0 Å². The molecule has 0 aromatic heterocycles. The van der Waals surface area contributed by atoms with E-state index in [1.807, 2.05) is 12.1 Å². The van der Waals surface area contributed by atoms with E-state index in [4.69, 9.17) is 0 Å². The molecule has 4 heteroatoms. The zero-order chi connectivity index (χ0) is 15.1. The number of phenols is 1. The van der Waals surface area contributed by atoms with E-state index in [2.05, 4.69) is 29.5 Å². The topological polar surface area (TPSA) is 56.7 Å². The Bertz CT molecular complexity index is 473. The van der Waals surface area contributed by atoms with Gasteiger partial charge in [-0.15, -0.1) is 0 Å². The Balaban J connectivity index is 1.95. The van der Waals surface area contributed by atoms with Crippen molar-refractivity contribution in [1.29, 1.82) is 0 Å². The number of aromatic hydroxyl groups is 1. The molecule has 1 saturated carbocycles. The lowest BCUT2D eigenvalue weighted by atomic mass is 9.87. The monoisotopic (exact) mass is 289 g/mol. The smallest absolute Gasteiger partial charge is 0.191 e. The first-order chi connectivity index (χ1) is 10.2. The Morgan fingerprint density at radius 3 is 2.95 bits per heavy atom. The van der Waals surface area contributed by atoms with Crippen molar-refractivity contribution >= 4 is 5.96 Å². The van der Waals surface area contributed by atoms with Gasteiger partial charge >= 0.3 is 0 Å². The summed E-state index contributed by atoms with van der Waals surface area (Å²) in [5.74, 6) is 1.96. The fourth-order valence-electron chi connectivity index (χ4n) is 2.90. The van der Waals surface area contributed by atoms with Gasteiger partial charge in [0, 0.05) is 12.6 Å². The van der Waals surface area contributed by atoms with E-state index in [0.29, 0.717) is 18.3 Å². The van der Waals surface area contributed by atoms with Crippen LogP contribution >= 0.6 is 0 Å². The third-order valence-corrected chi connectivity index (χ3v) is 3.95. The molecule has 1 aromatic carbocycles. The van der Waals surface area contributed by atoms with Gasteiger partial charge in [-0.2, -0.15) is 0 Å². The summed E-state index contributed by atoms with van der Waals surface area (Å²) in [5.41, 5.74) is 1.02. The number of hydrogen-bond acceptors (Lipinski definition) is 2. The van der Waals surface area contributed by atoms with Crippen molar-refractivity contribution in [3.8, 4) is 5.75 Å².